The first-order valence-corrected chi connectivity index (χ1v) is 6.83. The Hall–Kier alpha value is 0.690. The molecule has 0 unspecified atom stereocenters. The number of hydrogen-bond donors (Lipinski definition) is 0. The van der Waals surface area contributed by atoms with Gasteiger partial charge in [-0.3, -0.25) is 4.57 Å². The quantitative estimate of drug-likeness (QED) is 0.520. The minimum Gasteiger partial charge on any atom is -0.309 e. The first-order valence-electron chi connectivity index (χ1n) is 4.23. The fourth-order valence-electron chi connectivity index (χ4n) is 1.04. The maximum atomic E-state index is 12.3. The molecule has 0 rings (SSSR count). The summed E-state index contributed by atoms with van der Waals surface area (Å²) in [6, 6.07) is 0. The van der Waals surface area contributed by atoms with Crippen molar-refractivity contribution in [1.82, 2.24) is 9.34 Å². The van der Waals surface area contributed by atoms with E-state index in [-0.39, 0.29) is 0 Å². The van der Waals surface area contributed by atoms with Crippen molar-refractivity contribution in [1.29, 1.82) is 0 Å². The molecule has 7 heteroatoms. The smallest absolute Gasteiger partial charge is 0.309 e. The minimum absolute atomic E-state index is 0.415. The van der Waals surface area contributed by atoms with Gasteiger partial charge in [0.2, 0.25) is 0 Å². The van der Waals surface area contributed by atoms with Crippen molar-refractivity contribution in [2.75, 3.05) is 46.1 Å². The minimum atomic E-state index is -2.92. The lowest BCUT2D eigenvalue weighted by Gasteiger charge is -2.32. The maximum Gasteiger partial charge on any atom is 0.345 e. The predicted molar refractivity (Wildman–Crippen MR) is 61.3 cm³/mol. The molecule has 0 aliphatic rings. The normalized spacial score (nSPS) is 12.8. The zero-order chi connectivity index (χ0) is 11.2. The second-order valence-corrected chi connectivity index (χ2v) is 6.28. The average Bonchev–Trinajstić information content (AvgIpc) is 2.17. The molecule has 0 bridgehead atoms. The monoisotopic (exact) mass is 262 g/mol. The molecule has 0 atom stereocenters. The SMILES string of the molecule is COP(=O)(N(C)CCCl)N(C)CCCl. The van der Waals surface area contributed by atoms with Crippen molar-refractivity contribution < 1.29 is 9.09 Å². The van der Waals surface area contributed by atoms with Gasteiger partial charge in [0.05, 0.1) is 0 Å². The Balaban J connectivity index is 4.52. The van der Waals surface area contributed by atoms with Gasteiger partial charge in [-0.05, 0) is 14.1 Å². The summed E-state index contributed by atoms with van der Waals surface area (Å²) in [4.78, 5) is 0. The van der Waals surface area contributed by atoms with E-state index in [1.165, 1.54) is 7.11 Å². The third-order valence-corrected chi connectivity index (χ3v) is 4.86. The maximum absolute atomic E-state index is 12.3. The van der Waals surface area contributed by atoms with E-state index in [1.807, 2.05) is 0 Å². The van der Waals surface area contributed by atoms with Gasteiger partial charge in [0.1, 0.15) is 0 Å². The fourth-order valence-corrected chi connectivity index (χ4v) is 3.56. The van der Waals surface area contributed by atoms with E-state index in [0.29, 0.717) is 24.8 Å². The fraction of sp³-hybridized carbons (Fsp3) is 1.00. The van der Waals surface area contributed by atoms with E-state index in [0.717, 1.165) is 0 Å². The Labute approximate surface area is 95.7 Å². The summed E-state index contributed by atoms with van der Waals surface area (Å²) < 4.78 is 20.6. The van der Waals surface area contributed by atoms with Crippen LogP contribution in [0.1, 0.15) is 0 Å². The molecule has 0 saturated carbocycles. The van der Waals surface area contributed by atoms with Crippen LogP contribution in [0.15, 0.2) is 0 Å². The standard InChI is InChI=1S/C7H17Cl2N2O2P/c1-10(6-4-8)14(12,13-3)11(2)7-5-9/h4-7H2,1-3H3. The molecule has 0 aromatic carbocycles. The van der Waals surface area contributed by atoms with Crippen LogP contribution in [0.25, 0.3) is 0 Å². The van der Waals surface area contributed by atoms with Gasteiger partial charge in [0, 0.05) is 32.0 Å². The van der Waals surface area contributed by atoms with Crippen LogP contribution >= 0.6 is 30.9 Å². The first-order chi connectivity index (χ1) is 6.52. The zero-order valence-electron chi connectivity index (χ0n) is 8.74. The van der Waals surface area contributed by atoms with Crippen LogP contribution in [0.4, 0.5) is 0 Å². The number of halogens is 2. The van der Waals surface area contributed by atoms with E-state index in [2.05, 4.69) is 0 Å². The van der Waals surface area contributed by atoms with E-state index >= 15 is 0 Å². The van der Waals surface area contributed by atoms with Crippen LogP contribution in [0.3, 0.4) is 0 Å². The number of hydrogen-bond acceptors (Lipinski definition) is 2. The highest BCUT2D eigenvalue weighted by Gasteiger charge is 2.32. The van der Waals surface area contributed by atoms with Crippen molar-refractivity contribution in [3.05, 3.63) is 0 Å². The molecule has 0 aromatic rings. The molecule has 0 heterocycles. The van der Waals surface area contributed by atoms with Crippen LogP contribution < -0.4 is 0 Å². The van der Waals surface area contributed by atoms with E-state index < -0.39 is 7.67 Å². The van der Waals surface area contributed by atoms with Crippen LogP contribution in [-0.4, -0.2) is 55.4 Å². The lowest BCUT2D eigenvalue weighted by molar-refractivity contribution is 0.275. The molecular weight excluding hydrogens is 246 g/mol. The summed E-state index contributed by atoms with van der Waals surface area (Å²) in [5.74, 6) is 0.830. The molecular formula is C7H17Cl2N2O2P. The Kier molecular flexibility index (Phi) is 7.39. The van der Waals surface area contributed by atoms with Gasteiger partial charge in [-0.1, -0.05) is 0 Å². The third-order valence-electron chi connectivity index (χ3n) is 1.92. The second-order valence-electron chi connectivity index (χ2n) is 2.81. The molecule has 0 fully saturated rings. The van der Waals surface area contributed by atoms with Crippen molar-refractivity contribution >= 4 is 30.9 Å². The van der Waals surface area contributed by atoms with Crippen molar-refractivity contribution in [3.63, 3.8) is 0 Å². The summed E-state index contributed by atoms with van der Waals surface area (Å²) in [6.07, 6.45) is 0. The molecule has 0 radical (unpaired) electrons. The van der Waals surface area contributed by atoms with Crippen LogP contribution in [0, 0.1) is 0 Å². The van der Waals surface area contributed by atoms with E-state index in [1.54, 1.807) is 23.4 Å². The van der Waals surface area contributed by atoms with Crippen molar-refractivity contribution in [2.45, 2.75) is 0 Å². The van der Waals surface area contributed by atoms with E-state index in [9.17, 15) is 4.57 Å². The van der Waals surface area contributed by atoms with Gasteiger partial charge >= 0.3 is 7.67 Å². The summed E-state index contributed by atoms with van der Waals surface area (Å²) in [5.41, 5.74) is 0. The van der Waals surface area contributed by atoms with Gasteiger partial charge in [-0.15, -0.1) is 23.2 Å². The van der Waals surface area contributed by atoms with Gasteiger partial charge in [0.15, 0.2) is 0 Å². The zero-order valence-corrected chi connectivity index (χ0v) is 11.1. The molecule has 0 saturated heterocycles. The summed E-state index contributed by atoms with van der Waals surface area (Å²) in [6.45, 7) is 1.03. The molecule has 86 valence electrons. The summed E-state index contributed by atoms with van der Waals surface area (Å²) in [5, 5.41) is 0. The topological polar surface area (TPSA) is 32.8 Å². The van der Waals surface area contributed by atoms with Crippen molar-refractivity contribution in [2.24, 2.45) is 0 Å². The molecule has 0 aliphatic carbocycles. The van der Waals surface area contributed by atoms with E-state index in [4.69, 9.17) is 27.7 Å². The predicted octanol–water partition coefficient (Wildman–Crippen LogP) is 2.08. The molecule has 0 amide bonds. The van der Waals surface area contributed by atoms with Gasteiger partial charge in [-0.25, -0.2) is 9.34 Å². The Morgan fingerprint density at radius 2 is 1.50 bits per heavy atom. The lowest BCUT2D eigenvalue weighted by atomic mass is 10.8. The van der Waals surface area contributed by atoms with Crippen LogP contribution in [0.2, 0.25) is 0 Å². The van der Waals surface area contributed by atoms with Crippen LogP contribution in [0.5, 0.6) is 0 Å². The first kappa shape index (κ1) is 14.7. The van der Waals surface area contributed by atoms with Gasteiger partial charge in [-0.2, -0.15) is 0 Å². The molecule has 0 aliphatic heterocycles. The van der Waals surface area contributed by atoms with Crippen molar-refractivity contribution in [3.8, 4) is 0 Å². The highest BCUT2D eigenvalue weighted by molar-refractivity contribution is 7.53. The highest BCUT2D eigenvalue weighted by atomic mass is 35.5. The Morgan fingerprint density at radius 3 is 1.71 bits per heavy atom. The van der Waals surface area contributed by atoms with Crippen LogP contribution in [-0.2, 0) is 9.09 Å². The molecule has 4 nitrogen and oxygen atoms in total. The van der Waals surface area contributed by atoms with Gasteiger partial charge < -0.3 is 4.52 Å². The molecule has 0 spiro atoms. The Morgan fingerprint density at radius 1 is 1.14 bits per heavy atom. The lowest BCUT2D eigenvalue weighted by Crippen LogP contribution is -2.30. The number of nitrogens with zero attached hydrogens (tertiary/aromatic N) is 2. The highest BCUT2D eigenvalue weighted by Crippen LogP contribution is 2.51. The molecule has 0 aromatic heterocycles. The van der Waals surface area contributed by atoms with Gasteiger partial charge in [0.25, 0.3) is 0 Å². The number of alkyl halides is 2. The molecule has 0 N–H and O–H groups in total. The number of rotatable bonds is 7. The summed E-state index contributed by atoms with van der Waals surface area (Å²) >= 11 is 11.2. The summed E-state index contributed by atoms with van der Waals surface area (Å²) in [7, 11) is 1.95. The largest absolute Gasteiger partial charge is 0.345 e. The Bertz CT molecular complexity index is 190. The second kappa shape index (κ2) is 7.04. The third kappa shape index (κ3) is 3.69. The average molecular weight is 263 g/mol. The molecule has 14 heavy (non-hydrogen) atoms.